The van der Waals surface area contributed by atoms with E-state index in [1.54, 1.807) is 48.5 Å². The topological polar surface area (TPSA) is 101 Å². The van der Waals surface area contributed by atoms with Crippen LogP contribution in [0.4, 0.5) is 0 Å². The summed E-state index contributed by atoms with van der Waals surface area (Å²) in [5.74, 6) is -0.665. The van der Waals surface area contributed by atoms with E-state index in [9.17, 15) is 14.2 Å². The molecule has 6 nitrogen and oxygen atoms in total. The predicted molar refractivity (Wildman–Crippen MR) is 120 cm³/mol. The van der Waals surface area contributed by atoms with Crippen molar-refractivity contribution in [2.45, 2.75) is 26.7 Å². The van der Waals surface area contributed by atoms with Crippen LogP contribution in [0.3, 0.4) is 0 Å². The minimum atomic E-state index is -4.02. The van der Waals surface area contributed by atoms with Crippen molar-refractivity contribution < 1.29 is 28.7 Å². The van der Waals surface area contributed by atoms with Gasteiger partial charge in [0.2, 0.25) is 0 Å². The van der Waals surface area contributed by atoms with E-state index in [0.717, 1.165) is 11.1 Å². The molecule has 0 fully saturated rings. The Bertz CT molecular complexity index is 1020. The van der Waals surface area contributed by atoms with Crippen molar-refractivity contribution in [2.75, 3.05) is 12.8 Å². The molecule has 2 N–H and O–H groups in total. The summed E-state index contributed by atoms with van der Waals surface area (Å²) in [4.78, 5) is 42.7. The number of rotatable bonds is 10. The molecule has 0 saturated heterocycles. The van der Waals surface area contributed by atoms with E-state index in [1.807, 2.05) is 26.0 Å². The second-order valence-corrected chi connectivity index (χ2v) is 9.03. The SMILES string of the molecule is C/C(=C\CP(=O)(O)O)CC/C=C(\C)COC(=O)c1cccc(C(=O)c2ccccc2)c1. The van der Waals surface area contributed by atoms with Gasteiger partial charge in [0.05, 0.1) is 11.7 Å². The Kier molecular flexibility index (Phi) is 9.13. The summed E-state index contributed by atoms with van der Waals surface area (Å²) in [6.45, 7) is 3.79. The third-order valence-corrected chi connectivity index (χ3v) is 5.19. The number of ketones is 1. The van der Waals surface area contributed by atoms with Crippen LogP contribution in [0.5, 0.6) is 0 Å². The van der Waals surface area contributed by atoms with Crippen LogP contribution in [0.2, 0.25) is 0 Å². The van der Waals surface area contributed by atoms with Crippen molar-refractivity contribution >= 4 is 19.3 Å². The van der Waals surface area contributed by atoms with Crippen LogP contribution >= 0.6 is 7.60 Å². The fourth-order valence-corrected chi connectivity index (χ4v) is 3.34. The highest BCUT2D eigenvalue weighted by Gasteiger charge is 2.13. The maximum atomic E-state index is 12.6. The summed E-state index contributed by atoms with van der Waals surface area (Å²) >= 11 is 0. The first kappa shape index (κ1) is 24.5. The molecule has 31 heavy (non-hydrogen) atoms. The van der Waals surface area contributed by atoms with E-state index in [4.69, 9.17) is 14.5 Å². The molecule has 2 rings (SSSR count). The van der Waals surface area contributed by atoms with E-state index in [2.05, 4.69) is 0 Å². The average Bonchev–Trinajstić information content (AvgIpc) is 2.75. The van der Waals surface area contributed by atoms with Crippen LogP contribution in [-0.2, 0) is 9.30 Å². The zero-order valence-corrected chi connectivity index (χ0v) is 18.5. The minimum Gasteiger partial charge on any atom is -0.458 e. The molecule has 0 aliphatic rings. The Labute approximate surface area is 182 Å². The van der Waals surface area contributed by atoms with Crippen molar-refractivity contribution in [1.29, 1.82) is 0 Å². The normalized spacial score (nSPS) is 12.5. The summed E-state index contributed by atoms with van der Waals surface area (Å²) in [5.41, 5.74) is 3.05. The van der Waals surface area contributed by atoms with Crippen LogP contribution in [0.15, 0.2) is 77.9 Å². The first-order chi connectivity index (χ1) is 14.7. The quantitative estimate of drug-likeness (QED) is 0.234. The molecule has 0 heterocycles. The molecule has 0 radical (unpaired) electrons. The highest BCUT2D eigenvalue weighted by molar-refractivity contribution is 7.51. The molecule has 0 amide bonds. The standard InChI is InChI=1S/C24H27O6P/c1-18(14-15-31(27,28)29)8-6-9-19(2)17-30-24(26)22-13-7-12-21(16-22)23(25)20-10-4-3-5-11-20/h3-5,7,9-14,16H,6,8,15,17H2,1-2H3,(H2,27,28,29)/b18-14+,19-9+. The van der Waals surface area contributed by atoms with Crippen LogP contribution in [0.1, 0.15) is 53.0 Å². The molecule has 0 spiro atoms. The van der Waals surface area contributed by atoms with Gasteiger partial charge in [-0.05, 0) is 44.4 Å². The molecular formula is C24H27O6P. The van der Waals surface area contributed by atoms with Crippen molar-refractivity contribution in [2.24, 2.45) is 0 Å². The number of allylic oxidation sites excluding steroid dienone is 3. The minimum absolute atomic E-state index is 0.126. The number of hydrogen-bond donors (Lipinski definition) is 2. The Morgan fingerprint density at radius 1 is 0.903 bits per heavy atom. The van der Waals surface area contributed by atoms with Gasteiger partial charge in [0.1, 0.15) is 6.61 Å². The highest BCUT2D eigenvalue weighted by Crippen LogP contribution is 2.34. The van der Waals surface area contributed by atoms with Crippen molar-refractivity contribution in [3.05, 3.63) is 94.6 Å². The van der Waals surface area contributed by atoms with Gasteiger partial charge in [-0.3, -0.25) is 9.36 Å². The predicted octanol–water partition coefficient (Wildman–Crippen LogP) is 4.92. The maximum absolute atomic E-state index is 12.6. The summed E-state index contributed by atoms with van der Waals surface area (Å²) < 4.78 is 16.2. The largest absolute Gasteiger partial charge is 0.458 e. The van der Waals surface area contributed by atoms with E-state index < -0.39 is 13.6 Å². The zero-order chi connectivity index (χ0) is 22.9. The second-order valence-electron chi connectivity index (χ2n) is 7.34. The third kappa shape index (κ3) is 8.85. The van der Waals surface area contributed by atoms with E-state index in [-0.39, 0.29) is 18.6 Å². The molecular weight excluding hydrogens is 415 g/mol. The van der Waals surface area contributed by atoms with Crippen LogP contribution in [0, 0.1) is 0 Å². The van der Waals surface area contributed by atoms with Crippen molar-refractivity contribution in [1.82, 2.24) is 0 Å². The number of hydrogen-bond acceptors (Lipinski definition) is 4. The summed E-state index contributed by atoms with van der Waals surface area (Å²) in [6, 6.07) is 15.3. The zero-order valence-electron chi connectivity index (χ0n) is 17.7. The highest BCUT2D eigenvalue weighted by atomic mass is 31.2. The van der Waals surface area contributed by atoms with Crippen molar-refractivity contribution in [3.63, 3.8) is 0 Å². The second kappa shape index (κ2) is 11.6. The number of esters is 1. The van der Waals surface area contributed by atoms with Crippen LogP contribution in [-0.4, -0.2) is 34.3 Å². The van der Waals surface area contributed by atoms with Gasteiger partial charge in [-0.2, -0.15) is 0 Å². The number of ether oxygens (including phenoxy) is 1. The lowest BCUT2D eigenvalue weighted by Crippen LogP contribution is -2.09. The van der Waals surface area contributed by atoms with E-state index >= 15 is 0 Å². The lowest BCUT2D eigenvalue weighted by Gasteiger charge is -2.07. The monoisotopic (exact) mass is 442 g/mol. The van der Waals surface area contributed by atoms with E-state index in [1.165, 1.54) is 6.07 Å². The molecule has 0 atom stereocenters. The molecule has 2 aromatic carbocycles. The molecule has 0 bridgehead atoms. The van der Waals surface area contributed by atoms with Gasteiger partial charge in [0.15, 0.2) is 5.78 Å². The van der Waals surface area contributed by atoms with Gasteiger partial charge in [0.25, 0.3) is 0 Å². The molecule has 0 aliphatic heterocycles. The molecule has 0 saturated carbocycles. The van der Waals surface area contributed by atoms with Gasteiger partial charge in [0, 0.05) is 11.1 Å². The Hall–Kier alpha value is -2.79. The molecule has 0 unspecified atom stereocenters. The fourth-order valence-electron chi connectivity index (χ4n) is 2.79. The number of benzene rings is 2. The molecule has 0 aliphatic carbocycles. The van der Waals surface area contributed by atoms with Gasteiger partial charge >= 0.3 is 13.6 Å². The van der Waals surface area contributed by atoms with Crippen molar-refractivity contribution in [3.8, 4) is 0 Å². The first-order valence-electron chi connectivity index (χ1n) is 9.88. The van der Waals surface area contributed by atoms with Gasteiger partial charge in [-0.1, -0.05) is 60.2 Å². The Morgan fingerprint density at radius 2 is 1.55 bits per heavy atom. The van der Waals surface area contributed by atoms with Gasteiger partial charge in [-0.25, -0.2) is 4.79 Å². The number of carbonyl (C=O) groups excluding carboxylic acids is 2. The Balaban J connectivity index is 1.89. The third-order valence-electron chi connectivity index (χ3n) is 4.54. The first-order valence-corrected chi connectivity index (χ1v) is 11.7. The van der Waals surface area contributed by atoms with Crippen LogP contribution < -0.4 is 0 Å². The van der Waals surface area contributed by atoms with E-state index in [0.29, 0.717) is 29.5 Å². The maximum Gasteiger partial charge on any atom is 0.338 e. The lowest BCUT2D eigenvalue weighted by molar-refractivity contribution is 0.0539. The van der Waals surface area contributed by atoms with Gasteiger partial charge < -0.3 is 14.5 Å². The average molecular weight is 442 g/mol. The smallest absolute Gasteiger partial charge is 0.338 e. The molecule has 164 valence electrons. The molecule has 7 heteroatoms. The van der Waals surface area contributed by atoms with Crippen LogP contribution in [0.25, 0.3) is 0 Å². The van der Waals surface area contributed by atoms with Gasteiger partial charge in [-0.15, -0.1) is 0 Å². The summed E-state index contributed by atoms with van der Waals surface area (Å²) in [6.07, 6.45) is 4.55. The summed E-state index contributed by atoms with van der Waals surface area (Å²) in [5, 5.41) is 0. The lowest BCUT2D eigenvalue weighted by atomic mass is 10.0. The summed E-state index contributed by atoms with van der Waals surface area (Å²) in [7, 11) is -4.02. The fraction of sp³-hybridized carbons (Fsp3) is 0.250. The number of carbonyl (C=O) groups is 2. The molecule has 0 aromatic heterocycles. The molecule has 2 aromatic rings. The Morgan fingerprint density at radius 3 is 2.23 bits per heavy atom.